The minimum Gasteiger partial charge on any atom is -0.340 e. The lowest BCUT2D eigenvalue weighted by molar-refractivity contribution is -0.141. The molecule has 0 bridgehead atoms. The summed E-state index contributed by atoms with van der Waals surface area (Å²) >= 11 is 0. The molecular formula is C31H36N4O. The molecule has 36 heavy (non-hydrogen) atoms. The van der Waals surface area contributed by atoms with E-state index in [1.807, 2.05) is 6.07 Å². The minimum absolute atomic E-state index is 0.199. The smallest absolute Gasteiger partial charge is 0.244 e. The van der Waals surface area contributed by atoms with Crippen molar-refractivity contribution in [1.82, 2.24) is 19.7 Å². The van der Waals surface area contributed by atoms with Crippen LogP contribution in [0.1, 0.15) is 37.4 Å². The molecule has 1 fully saturated rings. The van der Waals surface area contributed by atoms with E-state index >= 15 is 0 Å². The fourth-order valence-corrected chi connectivity index (χ4v) is 6.62. The molecule has 6 rings (SSSR count). The van der Waals surface area contributed by atoms with Gasteiger partial charge in [0.2, 0.25) is 5.91 Å². The fraction of sp³-hybridized carbons (Fsp3) is 0.387. The highest BCUT2D eigenvalue weighted by Crippen LogP contribution is 2.30. The lowest BCUT2D eigenvalue weighted by atomic mass is 9.92. The molecule has 1 aromatic heterocycles. The van der Waals surface area contributed by atoms with Crippen LogP contribution in [0.4, 0.5) is 0 Å². The molecule has 4 aromatic rings. The molecule has 186 valence electrons. The molecule has 1 N–H and O–H groups in total. The van der Waals surface area contributed by atoms with Gasteiger partial charge in [-0.3, -0.25) is 9.69 Å². The van der Waals surface area contributed by atoms with Gasteiger partial charge >= 0.3 is 0 Å². The molecule has 0 spiro atoms. The highest BCUT2D eigenvalue weighted by molar-refractivity contribution is 6.07. The van der Waals surface area contributed by atoms with Crippen LogP contribution in [0.15, 0.2) is 72.8 Å². The summed E-state index contributed by atoms with van der Waals surface area (Å²) in [6.07, 6.45) is 2.08. The number of fused-ring (bicyclic) bond motifs is 4. The van der Waals surface area contributed by atoms with Gasteiger partial charge in [0.15, 0.2) is 0 Å². The van der Waals surface area contributed by atoms with Crippen molar-refractivity contribution < 1.29 is 4.79 Å². The molecular weight excluding hydrogens is 444 g/mol. The molecule has 5 nitrogen and oxygen atoms in total. The number of carbonyl (C=O) groups excluding carboxylic acids is 1. The van der Waals surface area contributed by atoms with Crippen LogP contribution in [0.2, 0.25) is 0 Å². The number of amides is 1. The van der Waals surface area contributed by atoms with Crippen LogP contribution < -0.4 is 5.32 Å². The molecule has 2 aliphatic rings. The third kappa shape index (κ3) is 4.10. The highest BCUT2D eigenvalue weighted by atomic mass is 16.2. The number of benzene rings is 3. The zero-order valence-electron chi connectivity index (χ0n) is 21.4. The molecule has 0 radical (unpaired) electrons. The van der Waals surface area contributed by atoms with Crippen molar-refractivity contribution in [2.24, 2.45) is 0 Å². The number of nitrogens with zero attached hydrogens (tertiary/aromatic N) is 3. The number of hydrogen-bond acceptors (Lipinski definition) is 3. The van der Waals surface area contributed by atoms with E-state index in [0.717, 1.165) is 51.1 Å². The molecule has 3 atom stereocenters. The number of aryl methyl sites for hydroxylation is 1. The Hall–Kier alpha value is -3.15. The first kappa shape index (κ1) is 23.3. The molecule has 3 aromatic carbocycles. The Kier molecular flexibility index (Phi) is 6.28. The van der Waals surface area contributed by atoms with Crippen LogP contribution in [0, 0.1) is 0 Å². The summed E-state index contributed by atoms with van der Waals surface area (Å²) in [6.45, 7) is 9.18. The van der Waals surface area contributed by atoms with Crippen molar-refractivity contribution in [1.29, 1.82) is 0 Å². The van der Waals surface area contributed by atoms with E-state index < -0.39 is 0 Å². The van der Waals surface area contributed by atoms with E-state index in [1.165, 1.54) is 27.4 Å². The Morgan fingerprint density at radius 1 is 0.833 bits per heavy atom. The molecule has 1 saturated heterocycles. The van der Waals surface area contributed by atoms with Crippen LogP contribution in [0.5, 0.6) is 0 Å². The maximum absolute atomic E-state index is 13.7. The number of piperazine rings is 1. The Morgan fingerprint density at radius 3 is 2.14 bits per heavy atom. The van der Waals surface area contributed by atoms with E-state index in [9.17, 15) is 4.79 Å². The number of para-hydroxylation sites is 2. The number of nitrogens with one attached hydrogen (secondary N) is 1. The van der Waals surface area contributed by atoms with Gasteiger partial charge in [0.05, 0.1) is 0 Å². The van der Waals surface area contributed by atoms with E-state index in [0.29, 0.717) is 0 Å². The predicted molar refractivity (Wildman–Crippen MR) is 147 cm³/mol. The summed E-state index contributed by atoms with van der Waals surface area (Å²) in [4.78, 5) is 18.4. The summed E-state index contributed by atoms with van der Waals surface area (Å²) < 4.78 is 2.48. The summed E-state index contributed by atoms with van der Waals surface area (Å²) in [5.41, 5.74) is 5.09. The van der Waals surface area contributed by atoms with Crippen molar-refractivity contribution in [2.75, 3.05) is 26.2 Å². The van der Waals surface area contributed by atoms with E-state index in [2.05, 4.69) is 100 Å². The van der Waals surface area contributed by atoms with Crippen molar-refractivity contribution in [3.8, 4) is 0 Å². The minimum atomic E-state index is -0.221. The van der Waals surface area contributed by atoms with Crippen LogP contribution in [0.3, 0.4) is 0 Å². The Labute approximate surface area is 213 Å². The highest BCUT2D eigenvalue weighted by Gasteiger charge is 2.37. The Morgan fingerprint density at radius 2 is 1.44 bits per heavy atom. The summed E-state index contributed by atoms with van der Waals surface area (Å²) in [5, 5.41) is 6.16. The first-order valence-corrected chi connectivity index (χ1v) is 13.4. The van der Waals surface area contributed by atoms with Gasteiger partial charge in [-0.25, -0.2) is 0 Å². The number of hydrogen-bond donors (Lipinski definition) is 1. The second-order valence-electron chi connectivity index (χ2n) is 10.6. The van der Waals surface area contributed by atoms with E-state index in [-0.39, 0.29) is 24.0 Å². The Bertz CT molecular complexity index is 1330. The second kappa shape index (κ2) is 9.72. The van der Waals surface area contributed by atoms with Crippen LogP contribution in [-0.4, -0.2) is 58.5 Å². The second-order valence-corrected chi connectivity index (χ2v) is 10.6. The normalized spacial score (nSPS) is 22.7. The lowest BCUT2D eigenvalue weighted by Gasteiger charge is -2.46. The molecule has 0 saturated carbocycles. The number of rotatable bonds is 5. The maximum atomic E-state index is 13.7. The standard InChI is InChI=1S/C31H36N4O/c1-22-20-33(18-9-19-34-28-14-7-5-12-26(28)27-13-6-8-15-29(27)34)21-23(2)35(22)31(36)30-25-11-4-3-10-24(25)16-17-32-30/h3-8,10-15,22-23,30,32H,9,16-21H2,1-2H3/t22-,23+,30?. The van der Waals surface area contributed by atoms with Gasteiger partial charge in [-0.2, -0.15) is 0 Å². The molecule has 3 heterocycles. The van der Waals surface area contributed by atoms with Gasteiger partial charge in [0, 0.05) is 66.6 Å². The zero-order valence-corrected chi connectivity index (χ0v) is 21.4. The molecule has 1 amide bonds. The van der Waals surface area contributed by atoms with Gasteiger partial charge in [-0.05, 0) is 49.9 Å². The molecule has 0 aliphatic carbocycles. The van der Waals surface area contributed by atoms with Crippen LogP contribution >= 0.6 is 0 Å². The number of carbonyl (C=O) groups is 1. The zero-order chi connectivity index (χ0) is 24.6. The van der Waals surface area contributed by atoms with Crippen LogP contribution in [0.25, 0.3) is 21.8 Å². The third-order valence-electron chi connectivity index (χ3n) is 8.14. The predicted octanol–water partition coefficient (Wildman–Crippen LogP) is 4.99. The topological polar surface area (TPSA) is 40.5 Å². The SMILES string of the molecule is C[C@@H]1CN(CCCn2c3ccccc3c3ccccc32)C[C@H](C)N1C(=O)C1NCCc2ccccc21. The quantitative estimate of drug-likeness (QED) is 0.437. The average molecular weight is 481 g/mol. The van der Waals surface area contributed by atoms with Gasteiger partial charge in [-0.1, -0.05) is 60.7 Å². The fourth-order valence-electron chi connectivity index (χ4n) is 6.62. The van der Waals surface area contributed by atoms with Crippen molar-refractivity contribution in [3.05, 3.63) is 83.9 Å². The summed E-state index contributed by atoms with van der Waals surface area (Å²) in [7, 11) is 0. The largest absolute Gasteiger partial charge is 0.340 e. The van der Waals surface area contributed by atoms with Gasteiger partial charge < -0.3 is 14.8 Å². The van der Waals surface area contributed by atoms with Gasteiger partial charge in [0.25, 0.3) is 0 Å². The molecule has 1 unspecified atom stereocenters. The van der Waals surface area contributed by atoms with Gasteiger partial charge in [-0.15, -0.1) is 0 Å². The third-order valence-corrected chi connectivity index (χ3v) is 8.14. The van der Waals surface area contributed by atoms with Crippen molar-refractivity contribution >= 4 is 27.7 Å². The maximum Gasteiger partial charge on any atom is 0.244 e. The first-order valence-electron chi connectivity index (χ1n) is 13.4. The van der Waals surface area contributed by atoms with Crippen LogP contribution in [-0.2, 0) is 17.8 Å². The summed E-state index contributed by atoms with van der Waals surface area (Å²) in [5.74, 6) is 0.229. The summed E-state index contributed by atoms with van der Waals surface area (Å²) in [6, 6.07) is 26.1. The molecule has 2 aliphatic heterocycles. The van der Waals surface area contributed by atoms with Crippen molar-refractivity contribution in [2.45, 2.75) is 51.4 Å². The lowest BCUT2D eigenvalue weighted by Crippen LogP contribution is -2.60. The van der Waals surface area contributed by atoms with E-state index in [1.54, 1.807) is 0 Å². The molecule has 5 heteroatoms. The average Bonchev–Trinajstić information content (AvgIpc) is 3.22. The monoisotopic (exact) mass is 480 g/mol. The van der Waals surface area contributed by atoms with E-state index in [4.69, 9.17) is 0 Å². The van der Waals surface area contributed by atoms with Crippen molar-refractivity contribution in [3.63, 3.8) is 0 Å². The Balaban J connectivity index is 1.12. The first-order chi connectivity index (χ1) is 17.6. The van der Waals surface area contributed by atoms with Gasteiger partial charge in [0.1, 0.15) is 6.04 Å². The number of aromatic nitrogens is 1.